The Balaban J connectivity index is 1.70. The summed E-state index contributed by atoms with van der Waals surface area (Å²) < 4.78 is 1.73. The number of benzene rings is 1. The molecule has 7 nitrogen and oxygen atoms in total. The van der Waals surface area contributed by atoms with Gasteiger partial charge in [-0.15, -0.1) is 0 Å². The molecule has 4 rings (SSSR count). The number of amides is 2. The molecule has 2 unspecified atom stereocenters. The second kappa shape index (κ2) is 9.73. The Bertz CT molecular complexity index is 1150. The molecule has 1 N–H and O–H groups in total. The molecule has 174 valence electrons. The summed E-state index contributed by atoms with van der Waals surface area (Å²) in [6.07, 6.45) is 3.62. The number of carbonyl (C=O) groups excluding carboxylic acids is 2. The van der Waals surface area contributed by atoms with Gasteiger partial charge in [-0.3, -0.25) is 14.3 Å². The topological polar surface area (TPSA) is 80.1 Å². The number of nitrogens with zero attached hydrogens (tertiary/aromatic N) is 4. The number of hydrogen-bond donors (Lipinski definition) is 1. The number of aromatic nitrogens is 3. The third-order valence-corrected chi connectivity index (χ3v) is 6.61. The molecule has 0 saturated carbocycles. The van der Waals surface area contributed by atoms with Crippen molar-refractivity contribution < 1.29 is 9.59 Å². The SMILES string of the molecule is CCCCNC(=O)C1CCC(C)N(C(=O)c2cc(-c3ccccc3)nc3c2c(C)nn3C)C1. The molecule has 2 aromatic heterocycles. The number of pyridine rings is 1. The smallest absolute Gasteiger partial charge is 0.255 e. The van der Waals surface area contributed by atoms with Crippen LogP contribution >= 0.6 is 0 Å². The number of aryl methyl sites for hydroxylation is 2. The van der Waals surface area contributed by atoms with E-state index in [1.54, 1.807) is 4.68 Å². The second-order valence-corrected chi connectivity index (χ2v) is 9.05. The van der Waals surface area contributed by atoms with Gasteiger partial charge in [-0.05, 0) is 39.2 Å². The van der Waals surface area contributed by atoms with Crippen LogP contribution in [0.25, 0.3) is 22.3 Å². The van der Waals surface area contributed by atoms with E-state index in [0.717, 1.165) is 48.0 Å². The molecule has 1 fully saturated rings. The van der Waals surface area contributed by atoms with Crippen LogP contribution in [0.3, 0.4) is 0 Å². The van der Waals surface area contributed by atoms with Crippen LogP contribution in [-0.4, -0.2) is 50.6 Å². The van der Waals surface area contributed by atoms with E-state index in [-0.39, 0.29) is 23.8 Å². The Hall–Kier alpha value is -3.22. The van der Waals surface area contributed by atoms with E-state index < -0.39 is 0 Å². The van der Waals surface area contributed by atoms with Gasteiger partial charge < -0.3 is 10.2 Å². The fourth-order valence-corrected chi connectivity index (χ4v) is 4.66. The molecule has 1 saturated heterocycles. The van der Waals surface area contributed by atoms with Gasteiger partial charge in [0.2, 0.25) is 5.91 Å². The molecule has 0 radical (unpaired) electrons. The van der Waals surface area contributed by atoms with Crippen LogP contribution in [-0.2, 0) is 11.8 Å². The minimum absolute atomic E-state index is 0.0514. The Morgan fingerprint density at radius 3 is 2.67 bits per heavy atom. The van der Waals surface area contributed by atoms with E-state index in [2.05, 4.69) is 24.3 Å². The van der Waals surface area contributed by atoms with Crippen LogP contribution in [0, 0.1) is 12.8 Å². The van der Waals surface area contributed by atoms with Crippen molar-refractivity contribution in [2.24, 2.45) is 13.0 Å². The average molecular weight is 448 g/mol. The highest BCUT2D eigenvalue weighted by Crippen LogP contribution is 2.30. The predicted molar refractivity (Wildman–Crippen MR) is 130 cm³/mol. The molecule has 1 aliphatic heterocycles. The number of hydrogen-bond acceptors (Lipinski definition) is 4. The van der Waals surface area contributed by atoms with Crippen LogP contribution in [0.5, 0.6) is 0 Å². The molecule has 3 heterocycles. The van der Waals surface area contributed by atoms with Gasteiger partial charge in [0.15, 0.2) is 5.65 Å². The zero-order valence-electron chi connectivity index (χ0n) is 20.0. The maximum Gasteiger partial charge on any atom is 0.255 e. The van der Waals surface area contributed by atoms with Gasteiger partial charge in [-0.25, -0.2) is 4.98 Å². The first-order chi connectivity index (χ1) is 15.9. The largest absolute Gasteiger partial charge is 0.356 e. The first kappa shape index (κ1) is 23.0. The fourth-order valence-electron chi connectivity index (χ4n) is 4.66. The van der Waals surface area contributed by atoms with Crippen molar-refractivity contribution >= 4 is 22.8 Å². The van der Waals surface area contributed by atoms with Crippen molar-refractivity contribution in [3.63, 3.8) is 0 Å². The van der Waals surface area contributed by atoms with E-state index >= 15 is 0 Å². The van der Waals surface area contributed by atoms with Crippen LogP contribution < -0.4 is 5.32 Å². The molecule has 0 spiro atoms. The number of rotatable bonds is 6. The van der Waals surface area contributed by atoms with Crippen LogP contribution in [0.4, 0.5) is 0 Å². The maximum absolute atomic E-state index is 13.9. The summed E-state index contributed by atoms with van der Waals surface area (Å²) in [6, 6.07) is 11.8. The Morgan fingerprint density at radius 1 is 1.18 bits per heavy atom. The van der Waals surface area contributed by atoms with Crippen molar-refractivity contribution in [2.45, 2.75) is 52.5 Å². The number of unbranched alkanes of at least 4 members (excludes halogenated alkanes) is 1. The van der Waals surface area contributed by atoms with Crippen molar-refractivity contribution in [3.05, 3.63) is 47.7 Å². The summed E-state index contributed by atoms with van der Waals surface area (Å²) in [4.78, 5) is 33.3. The molecule has 33 heavy (non-hydrogen) atoms. The van der Waals surface area contributed by atoms with Gasteiger partial charge in [-0.2, -0.15) is 5.10 Å². The second-order valence-electron chi connectivity index (χ2n) is 9.05. The quantitative estimate of drug-likeness (QED) is 0.577. The van der Waals surface area contributed by atoms with Crippen molar-refractivity contribution in [1.82, 2.24) is 25.0 Å². The highest BCUT2D eigenvalue weighted by atomic mass is 16.2. The molecule has 3 aromatic rings. The van der Waals surface area contributed by atoms with Gasteiger partial charge in [0.1, 0.15) is 0 Å². The minimum atomic E-state index is -0.178. The number of carbonyl (C=O) groups is 2. The lowest BCUT2D eigenvalue weighted by Crippen LogP contribution is -2.49. The molecule has 0 bridgehead atoms. The number of piperidine rings is 1. The van der Waals surface area contributed by atoms with Gasteiger partial charge in [0, 0.05) is 31.7 Å². The van der Waals surface area contributed by atoms with Crippen molar-refractivity contribution in [2.75, 3.05) is 13.1 Å². The van der Waals surface area contributed by atoms with E-state index in [1.807, 2.05) is 55.3 Å². The lowest BCUT2D eigenvalue weighted by molar-refractivity contribution is -0.126. The van der Waals surface area contributed by atoms with Crippen molar-refractivity contribution in [1.29, 1.82) is 0 Å². The van der Waals surface area contributed by atoms with E-state index in [4.69, 9.17) is 4.98 Å². The normalized spacial score (nSPS) is 18.5. The van der Waals surface area contributed by atoms with Crippen LogP contribution in [0.1, 0.15) is 55.6 Å². The monoisotopic (exact) mass is 447 g/mol. The van der Waals surface area contributed by atoms with Crippen LogP contribution in [0.15, 0.2) is 36.4 Å². The van der Waals surface area contributed by atoms with Gasteiger partial charge in [0.05, 0.1) is 28.3 Å². The molecular formula is C26H33N5O2. The molecule has 7 heteroatoms. The predicted octanol–water partition coefficient (Wildman–Crippen LogP) is 4.10. The fraction of sp³-hybridized carbons (Fsp3) is 0.462. The molecule has 2 amide bonds. The number of nitrogens with one attached hydrogen (secondary N) is 1. The van der Waals surface area contributed by atoms with Gasteiger partial charge >= 0.3 is 0 Å². The van der Waals surface area contributed by atoms with Crippen LogP contribution in [0.2, 0.25) is 0 Å². The molecule has 1 aliphatic rings. The lowest BCUT2D eigenvalue weighted by atomic mass is 9.91. The van der Waals surface area contributed by atoms with Crippen molar-refractivity contribution in [3.8, 4) is 11.3 Å². The average Bonchev–Trinajstić information content (AvgIpc) is 3.12. The zero-order chi connectivity index (χ0) is 23.5. The Kier molecular flexibility index (Phi) is 6.77. The highest BCUT2D eigenvalue weighted by molar-refractivity contribution is 6.07. The third kappa shape index (κ3) is 4.63. The number of fused-ring (bicyclic) bond motifs is 1. The standard InChI is InChI=1S/C26H33N5O2/c1-5-6-14-27-25(32)20-13-12-17(2)31(16-20)26(33)21-15-22(19-10-8-7-9-11-19)28-24-23(21)18(3)29-30(24)4/h7-11,15,17,20H,5-6,12-14,16H2,1-4H3,(H,27,32). The number of likely N-dealkylation sites (tertiary alicyclic amines) is 1. The summed E-state index contributed by atoms with van der Waals surface area (Å²) in [5.41, 5.74) is 3.76. The zero-order valence-corrected chi connectivity index (χ0v) is 20.0. The molecular weight excluding hydrogens is 414 g/mol. The summed E-state index contributed by atoms with van der Waals surface area (Å²) in [5, 5.41) is 8.36. The highest BCUT2D eigenvalue weighted by Gasteiger charge is 2.34. The summed E-state index contributed by atoms with van der Waals surface area (Å²) >= 11 is 0. The molecule has 2 atom stereocenters. The Labute approximate surface area is 195 Å². The first-order valence-corrected chi connectivity index (χ1v) is 11.9. The molecule has 1 aromatic carbocycles. The van der Waals surface area contributed by atoms with E-state index in [9.17, 15) is 9.59 Å². The van der Waals surface area contributed by atoms with E-state index in [0.29, 0.717) is 24.3 Å². The minimum Gasteiger partial charge on any atom is -0.356 e. The maximum atomic E-state index is 13.9. The molecule has 0 aliphatic carbocycles. The van der Waals surface area contributed by atoms with E-state index in [1.165, 1.54) is 0 Å². The summed E-state index contributed by atoms with van der Waals surface area (Å²) in [5.74, 6) is -0.187. The van der Waals surface area contributed by atoms with Gasteiger partial charge in [0.25, 0.3) is 5.91 Å². The van der Waals surface area contributed by atoms with Gasteiger partial charge in [-0.1, -0.05) is 43.7 Å². The lowest BCUT2D eigenvalue weighted by Gasteiger charge is -2.37. The Morgan fingerprint density at radius 2 is 1.94 bits per heavy atom. The first-order valence-electron chi connectivity index (χ1n) is 11.9. The summed E-state index contributed by atoms with van der Waals surface area (Å²) in [7, 11) is 1.85. The third-order valence-electron chi connectivity index (χ3n) is 6.61. The summed E-state index contributed by atoms with van der Waals surface area (Å²) in [6.45, 7) is 7.20.